The molecule has 0 heterocycles. The lowest BCUT2D eigenvalue weighted by atomic mass is 10.2. The summed E-state index contributed by atoms with van der Waals surface area (Å²) in [6.07, 6.45) is 1.33. The van der Waals surface area contributed by atoms with Crippen molar-refractivity contribution in [2.45, 2.75) is 26.3 Å². The van der Waals surface area contributed by atoms with Crippen molar-refractivity contribution in [3.8, 4) is 0 Å². The largest absolute Gasteiger partial charge is 0.468 e. The number of hydrogen-bond donors (Lipinski definition) is 1. The van der Waals surface area contributed by atoms with Crippen LogP contribution in [0.2, 0.25) is 0 Å². The van der Waals surface area contributed by atoms with Gasteiger partial charge in [-0.3, -0.25) is 4.79 Å². The van der Waals surface area contributed by atoms with Gasteiger partial charge >= 0.3 is 5.97 Å². The molecule has 1 saturated carbocycles. The minimum absolute atomic E-state index is 0.169. The molecule has 4 heteroatoms. The van der Waals surface area contributed by atoms with E-state index in [1.54, 1.807) is 0 Å². The van der Waals surface area contributed by atoms with Gasteiger partial charge in [-0.2, -0.15) is 0 Å². The SMILES string of the molecule is CCNC(CN(C)CC1CC1C)C(=O)OC. The van der Waals surface area contributed by atoms with Crippen LogP contribution in [0.1, 0.15) is 20.3 Å². The van der Waals surface area contributed by atoms with Crippen molar-refractivity contribution >= 4 is 5.97 Å². The van der Waals surface area contributed by atoms with E-state index in [1.165, 1.54) is 13.5 Å². The first-order chi connectivity index (χ1) is 7.58. The average molecular weight is 228 g/mol. The highest BCUT2D eigenvalue weighted by Gasteiger charge is 2.33. The van der Waals surface area contributed by atoms with Crippen molar-refractivity contribution in [3.05, 3.63) is 0 Å². The Bertz CT molecular complexity index is 233. The maximum Gasteiger partial charge on any atom is 0.324 e. The first-order valence-corrected chi connectivity index (χ1v) is 6.08. The fourth-order valence-electron chi connectivity index (χ4n) is 2.05. The summed E-state index contributed by atoms with van der Waals surface area (Å²) in [5.74, 6) is 1.51. The van der Waals surface area contributed by atoms with Gasteiger partial charge in [0, 0.05) is 13.1 Å². The second-order valence-electron chi connectivity index (χ2n) is 4.83. The van der Waals surface area contributed by atoms with Crippen LogP contribution in [0.15, 0.2) is 0 Å². The minimum Gasteiger partial charge on any atom is -0.468 e. The molecule has 4 nitrogen and oxygen atoms in total. The van der Waals surface area contributed by atoms with Crippen LogP contribution in [0.4, 0.5) is 0 Å². The zero-order chi connectivity index (χ0) is 12.1. The Hall–Kier alpha value is -0.610. The first-order valence-electron chi connectivity index (χ1n) is 6.08. The van der Waals surface area contributed by atoms with Crippen molar-refractivity contribution < 1.29 is 9.53 Å². The number of nitrogens with zero attached hydrogens (tertiary/aromatic N) is 1. The summed E-state index contributed by atoms with van der Waals surface area (Å²) in [5, 5.41) is 3.15. The molecule has 0 spiro atoms. The number of ether oxygens (including phenoxy) is 1. The van der Waals surface area contributed by atoms with Gasteiger partial charge < -0.3 is 15.0 Å². The average Bonchev–Trinajstić information content (AvgIpc) is 2.92. The number of carbonyl (C=O) groups is 1. The number of hydrogen-bond acceptors (Lipinski definition) is 4. The molecule has 1 aliphatic carbocycles. The highest BCUT2D eigenvalue weighted by atomic mass is 16.5. The van der Waals surface area contributed by atoms with Crippen LogP contribution in [0.25, 0.3) is 0 Å². The molecule has 0 saturated heterocycles. The van der Waals surface area contributed by atoms with Gasteiger partial charge in [-0.25, -0.2) is 0 Å². The normalized spacial score (nSPS) is 25.6. The van der Waals surface area contributed by atoms with E-state index in [9.17, 15) is 4.79 Å². The molecule has 1 fully saturated rings. The Morgan fingerprint density at radius 3 is 2.69 bits per heavy atom. The van der Waals surface area contributed by atoms with Crippen molar-refractivity contribution in [2.24, 2.45) is 11.8 Å². The van der Waals surface area contributed by atoms with E-state index in [1.807, 2.05) is 6.92 Å². The van der Waals surface area contributed by atoms with Gasteiger partial charge in [0.05, 0.1) is 7.11 Å². The molecule has 3 unspecified atom stereocenters. The molecule has 0 aromatic carbocycles. The number of esters is 1. The van der Waals surface area contributed by atoms with Gasteiger partial charge in [-0.05, 0) is 31.8 Å². The Morgan fingerprint density at radius 2 is 2.25 bits per heavy atom. The van der Waals surface area contributed by atoms with Crippen LogP contribution in [0, 0.1) is 11.8 Å². The fraction of sp³-hybridized carbons (Fsp3) is 0.917. The van der Waals surface area contributed by atoms with Crippen LogP contribution >= 0.6 is 0 Å². The van der Waals surface area contributed by atoms with Crippen LogP contribution in [-0.2, 0) is 9.53 Å². The van der Waals surface area contributed by atoms with Gasteiger partial charge in [0.2, 0.25) is 0 Å². The van der Waals surface area contributed by atoms with Crippen molar-refractivity contribution in [1.29, 1.82) is 0 Å². The van der Waals surface area contributed by atoms with Crippen LogP contribution in [0.5, 0.6) is 0 Å². The van der Waals surface area contributed by atoms with E-state index < -0.39 is 0 Å². The molecule has 0 bridgehead atoms. The third kappa shape index (κ3) is 4.10. The molecule has 0 amide bonds. The standard InChI is InChI=1S/C12H24N2O2/c1-5-13-11(12(15)16-4)8-14(3)7-10-6-9(10)2/h9-11,13H,5-8H2,1-4H3. The molecule has 0 aliphatic heterocycles. The van der Waals surface area contributed by atoms with E-state index in [-0.39, 0.29) is 12.0 Å². The fourth-order valence-corrected chi connectivity index (χ4v) is 2.05. The second kappa shape index (κ2) is 6.21. The van der Waals surface area contributed by atoms with E-state index in [0.717, 1.165) is 31.5 Å². The lowest BCUT2D eigenvalue weighted by Crippen LogP contribution is -2.46. The summed E-state index contributed by atoms with van der Waals surface area (Å²) >= 11 is 0. The molecule has 94 valence electrons. The van der Waals surface area contributed by atoms with Gasteiger partial charge in [0.25, 0.3) is 0 Å². The number of likely N-dealkylation sites (N-methyl/N-ethyl adjacent to an activating group) is 2. The predicted octanol–water partition coefficient (Wildman–Crippen LogP) is 0.725. The lowest BCUT2D eigenvalue weighted by Gasteiger charge is -2.22. The number of methoxy groups -OCH3 is 1. The zero-order valence-corrected chi connectivity index (χ0v) is 10.8. The quantitative estimate of drug-likeness (QED) is 0.652. The summed E-state index contributed by atoms with van der Waals surface area (Å²) in [6, 6.07) is -0.200. The summed E-state index contributed by atoms with van der Waals surface area (Å²) in [7, 11) is 3.51. The Balaban J connectivity index is 2.31. The molecule has 0 aromatic heterocycles. The van der Waals surface area contributed by atoms with Crippen molar-refractivity contribution in [1.82, 2.24) is 10.2 Å². The smallest absolute Gasteiger partial charge is 0.324 e. The highest BCUT2D eigenvalue weighted by Crippen LogP contribution is 2.37. The molecule has 1 aliphatic rings. The molecule has 1 rings (SSSR count). The van der Waals surface area contributed by atoms with Crippen molar-refractivity contribution in [2.75, 3.05) is 33.8 Å². The zero-order valence-electron chi connectivity index (χ0n) is 10.8. The second-order valence-corrected chi connectivity index (χ2v) is 4.83. The molecule has 3 atom stereocenters. The van der Waals surface area contributed by atoms with Gasteiger partial charge in [-0.1, -0.05) is 13.8 Å². The van der Waals surface area contributed by atoms with Gasteiger partial charge in [0.1, 0.15) is 6.04 Å². The van der Waals surface area contributed by atoms with Crippen LogP contribution in [-0.4, -0.2) is 50.7 Å². The van der Waals surface area contributed by atoms with E-state index >= 15 is 0 Å². The summed E-state index contributed by atoms with van der Waals surface area (Å²) in [4.78, 5) is 13.7. The summed E-state index contributed by atoms with van der Waals surface area (Å²) in [6.45, 7) is 6.87. The summed E-state index contributed by atoms with van der Waals surface area (Å²) < 4.78 is 4.78. The third-order valence-electron chi connectivity index (χ3n) is 3.25. The van der Waals surface area contributed by atoms with Gasteiger partial charge in [-0.15, -0.1) is 0 Å². The Kier molecular flexibility index (Phi) is 5.22. The first kappa shape index (κ1) is 13.5. The monoisotopic (exact) mass is 228 g/mol. The topological polar surface area (TPSA) is 41.6 Å². The molecule has 0 radical (unpaired) electrons. The van der Waals surface area contributed by atoms with E-state index in [2.05, 4.69) is 24.2 Å². The number of carbonyl (C=O) groups excluding carboxylic acids is 1. The summed E-state index contributed by atoms with van der Waals surface area (Å²) in [5.41, 5.74) is 0. The van der Waals surface area contributed by atoms with E-state index in [4.69, 9.17) is 4.74 Å². The molecule has 0 aromatic rings. The Labute approximate surface area is 98.3 Å². The molecular weight excluding hydrogens is 204 g/mol. The lowest BCUT2D eigenvalue weighted by molar-refractivity contribution is -0.143. The predicted molar refractivity (Wildman–Crippen MR) is 64.2 cm³/mol. The number of rotatable bonds is 7. The molecule has 16 heavy (non-hydrogen) atoms. The van der Waals surface area contributed by atoms with Crippen molar-refractivity contribution in [3.63, 3.8) is 0 Å². The van der Waals surface area contributed by atoms with Crippen LogP contribution < -0.4 is 5.32 Å². The van der Waals surface area contributed by atoms with Crippen LogP contribution in [0.3, 0.4) is 0 Å². The molecular formula is C12H24N2O2. The van der Waals surface area contributed by atoms with Gasteiger partial charge in [0.15, 0.2) is 0 Å². The molecule has 1 N–H and O–H groups in total. The maximum absolute atomic E-state index is 11.5. The van der Waals surface area contributed by atoms with E-state index in [0.29, 0.717) is 0 Å². The maximum atomic E-state index is 11.5. The number of nitrogens with one attached hydrogen (secondary N) is 1. The highest BCUT2D eigenvalue weighted by molar-refractivity contribution is 5.75. The third-order valence-corrected chi connectivity index (χ3v) is 3.25. The Morgan fingerprint density at radius 1 is 1.62 bits per heavy atom. The minimum atomic E-state index is -0.200.